The molecule has 0 radical (unpaired) electrons. The van der Waals surface area contributed by atoms with Crippen LogP contribution in [0, 0.1) is 5.82 Å². The fourth-order valence-corrected chi connectivity index (χ4v) is 2.34. The van der Waals surface area contributed by atoms with Gasteiger partial charge >= 0.3 is 0 Å². The summed E-state index contributed by atoms with van der Waals surface area (Å²) in [4.78, 5) is 0. The lowest BCUT2D eigenvalue weighted by atomic mass is 9.99. The van der Waals surface area contributed by atoms with Crippen molar-refractivity contribution in [1.29, 1.82) is 0 Å². The summed E-state index contributed by atoms with van der Waals surface area (Å²) in [5.41, 5.74) is 1.88. The highest BCUT2D eigenvalue weighted by Crippen LogP contribution is 2.26. The highest BCUT2D eigenvalue weighted by molar-refractivity contribution is 6.31. The van der Waals surface area contributed by atoms with Gasteiger partial charge in [-0.1, -0.05) is 47.5 Å². The number of hydrogen-bond donors (Lipinski definition) is 1. The highest BCUT2D eigenvalue weighted by atomic mass is 35.5. The number of rotatable bonds is 4. The van der Waals surface area contributed by atoms with Crippen LogP contribution in [0.25, 0.3) is 0 Å². The van der Waals surface area contributed by atoms with E-state index in [4.69, 9.17) is 23.2 Å². The molecule has 100 valence electrons. The van der Waals surface area contributed by atoms with Crippen molar-refractivity contribution in [3.8, 4) is 0 Å². The van der Waals surface area contributed by atoms with Crippen molar-refractivity contribution >= 4 is 23.2 Å². The average Bonchev–Trinajstić information content (AvgIpc) is 2.42. The van der Waals surface area contributed by atoms with Crippen LogP contribution in [-0.2, 0) is 6.42 Å². The number of hydrogen-bond acceptors (Lipinski definition) is 1. The molecule has 0 aliphatic carbocycles. The third kappa shape index (κ3) is 3.47. The second-order valence-corrected chi connectivity index (χ2v) is 5.12. The number of likely N-dealkylation sites (N-methyl/N-ethyl adjacent to an activating group) is 1. The first-order valence-electron chi connectivity index (χ1n) is 5.97. The maximum absolute atomic E-state index is 13.4. The van der Waals surface area contributed by atoms with Crippen LogP contribution in [0.2, 0.25) is 10.0 Å². The van der Waals surface area contributed by atoms with E-state index in [2.05, 4.69) is 5.32 Å². The zero-order valence-corrected chi connectivity index (χ0v) is 12.0. The van der Waals surface area contributed by atoms with Gasteiger partial charge in [-0.25, -0.2) is 4.39 Å². The Bertz CT molecular complexity index is 555. The summed E-state index contributed by atoms with van der Waals surface area (Å²) < 4.78 is 13.4. The molecule has 0 spiro atoms. The van der Waals surface area contributed by atoms with E-state index in [-0.39, 0.29) is 16.9 Å². The summed E-state index contributed by atoms with van der Waals surface area (Å²) in [6, 6.07) is 12.5. The zero-order chi connectivity index (χ0) is 13.8. The predicted octanol–water partition coefficient (Wildman–Crippen LogP) is 4.64. The maximum atomic E-state index is 13.4. The molecule has 2 aromatic carbocycles. The minimum Gasteiger partial charge on any atom is -0.313 e. The van der Waals surface area contributed by atoms with Crippen LogP contribution < -0.4 is 5.32 Å². The molecule has 1 N–H and O–H groups in total. The molecule has 0 saturated carbocycles. The standard InChI is InChI=1S/C15H14Cl2FN/c1-19-14(10-5-7-12(16)8-6-10)9-11-3-2-4-13(18)15(11)17/h2-8,14,19H,9H2,1H3. The molecule has 2 aromatic rings. The molecule has 0 aliphatic rings. The minimum absolute atomic E-state index is 0.0663. The van der Waals surface area contributed by atoms with Gasteiger partial charge < -0.3 is 5.32 Å². The zero-order valence-electron chi connectivity index (χ0n) is 10.5. The number of nitrogens with one attached hydrogen (secondary N) is 1. The lowest BCUT2D eigenvalue weighted by Crippen LogP contribution is -2.19. The molecule has 19 heavy (non-hydrogen) atoms. The summed E-state index contributed by atoms with van der Waals surface area (Å²) in [7, 11) is 1.87. The Morgan fingerprint density at radius 3 is 2.42 bits per heavy atom. The van der Waals surface area contributed by atoms with E-state index < -0.39 is 0 Å². The van der Waals surface area contributed by atoms with Crippen LogP contribution in [0.15, 0.2) is 42.5 Å². The first-order chi connectivity index (χ1) is 9.11. The van der Waals surface area contributed by atoms with E-state index in [0.717, 1.165) is 11.1 Å². The molecule has 1 atom stereocenters. The Morgan fingerprint density at radius 1 is 1.11 bits per heavy atom. The van der Waals surface area contributed by atoms with Gasteiger partial charge in [0.25, 0.3) is 0 Å². The van der Waals surface area contributed by atoms with Crippen molar-refractivity contribution in [1.82, 2.24) is 5.32 Å². The second-order valence-electron chi connectivity index (χ2n) is 4.31. The van der Waals surface area contributed by atoms with Gasteiger partial charge in [-0.3, -0.25) is 0 Å². The van der Waals surface area contributed by atoms with E-state index in [0.29, 0.717) is 11.4 Å². The Morgan fingerprint density at radius 2 is 1.79 bits per heavy atom. The van der Waals surface area contributed by atoms with Gasteiger partial charge in [0.15, 0.2) is 0 Å². The average molecular weight is 298 g/mol. The van der Waals surface area contributed by atoms with E-state index in [9.17, 15) is 4.39 Å². The quantitative estimate of drug-likeness (QED) is 0.867. The van der Waals surface area contributed by atoms with Crippen molar-refractivity contribution in [3.63, 3.8) is 0 Å². The van der Waals surface area contributed by atoms with Gasteiger partial charge in [0.05, 0.1) is 5.02 Å². The van der Waals surface area contributed by atoms with Crippen molar-refractivity contribution in [2.75, 3.05) is 7.05 Å². The van der Waals surface area contributed by atoms with Crippen LogP contribution in [0.1, 0.15) is 17.2 Å². The smallest absolute Gasteiger partial charge is 0.142 e. The molecular weight excluding hydrogens is 284 g/mol. The van der Waals surface area contributed by atoms with Crippen molar-refractivity contribution in [2.24, 2.45) is 0 Å². The third-order valence-corrected chi connectivity index (χ3v) is 3.75. The van der Waals surface area contributed by atoms with Gasteiger partial charge in [0.1, 0.15) is 5.82 Å². The third-order valence-electron chi connectivity index (χ3n) is 3.08. The summed E-state index contributed by atoms with van der Waals surface area (Å²) in [6.45, 7) is 0. The van der Waals surface area contributed by atoms with Crippen molar-refractivity contribution < 1.29 is 4.39 Å². The SMILES string of the molecule is CNC(Cc1cccc(F)c1Cl)c1ccc(Cl)cc1. The molecule has 0 saturated heterocycles. The summed E-state index contributed by atoms with van der Waals surface area (Å²) in [6.07, 6.45) is 0.620. The predicted molar refractivity (Wildman–Crippen MR) is 78.4 cm³/mol. The molecule has 4 heteroatoms. The van der Waals surface area contributed by atoms with Gasteiger partial charge in [-0.15, -0.1) is 0 Å². The van der Waals surface area contributed by atoms with Crippen LogP contribution in [-0.4, -0.2) is 7.05 Å². The largest absolute Gasteiger partial charge is 0.313 e. The second kappa shape index (κ2) is 6.38. The Balaban J connectivity index is 2.24. The van der Waals surface area contributed by atoms with Gasteiger partial charge in [0, 0.05) is 11.1 Å². The molecule has 1 unspecified atom stereocenters. The molecular formula is C15H14Cl2FN. The molecule has 0 fully saturated rings. The summed E-state index contributed by atoms with van der Waals surface area (Å²) in [5.74, 6) is -0.384. The lowest BCUT2D eigenvalue weighted by Gasteiger charge is -2.17. The molecule has 2 rings (SSSR count). The van der Waals surface area contributed by atoms with Crippen molar-refractivity contribution in [2.45, 2.75) is 12.5 Å². The highest BCUT2D eigenvalue weighted by Gasteiger charge is 2.13. The maximum Gasteiger partial charge on any atom is 0.142 e. The summed E-state index contributed by atoms with van der Waals surface area (Å²) in [5, 5.41) is 4.10. The van der Waals surface area contributed by atoms with Crippen LogP contribution in [0.3, 0.4) is 0 Å². The molecule has 1 nitrogen and oxygen atoms in total. The van der Waals surface area contributed by atoms with E-state index in [1.807, 2.05) is 37.4 Å². The number of benzene rings is 2. The molecule has 0 bridgehead atoms. The first-order valence-corrected chi connectivity index (χ1v) is 6.73. The Labute approximate surface area is 122 Å². The van der Waals surface area contributed by atoms with E-state index >= 15 is 0 Å². The lowest BCUT2D eigenvalue weighted by molar-refractivity contribution is 0.584. The minimum atomic E-state index is -0.384. The monoisotopic (exact) mass is 297 g/mol. The van der Waals surface area contributed by atoms with E-state index in [1.165, 1.54) is 6.07 Å². The Hall–Kier alpha value is -1.09. The van der Waals surface area contributed by atoms with Crippen molar-refractivity contribution in [3.05, 3.63) is 69.5 Å². The molecule has 0 heterocycles. The van der Waals surface area contributed by atoms with Crippen LogP contribution in [0.5, 0.6) is 0 Å². The van der Waals surface area contributed by atoms with Gasteiger partial charge in [-0.05, 0) is 42.8 Å². The molecule has 0 aliphatic heterocycles. The van der Waals surface area contributed by atoms with E-state index in [1.54, 1.807) is 6.07 Å². The fraction of sp³-hybridized carbons (Fsp3) is 0.200. The topological polar surface area (TPSA) is 12.0 Å². The van der Waals surface area contributed by atoms with Crippen LogP contribution in [0.4, 0.5) is 4.39 Å². The normalized spacial score (nSPS) is 12.4. The van der Waals surface area contributed by atoms with Gasteiger partial charge in [-0.2, -0.15) is 0 Å². The molecule has 0 amide bonds. The first kappa shape index (κ1) is 14.3. The Kier molecular flexibility index (Phi) is 4.81. The van der Waals surface area contributed by atoms with Crippen LogP contribution >= 0.6 is 23.2 Å². The number of halogens is 3. The van der Waals surface area contributed by atoms with Gasteiger partial charge in [0.2, 0.25) is 0 Å². The fourth-order valence-electron chi connectivity index (χ4n) is 2.01. The summed E-state index contributed by atoms with van der Waals surface area (Å²) >= 11 is 11.9. The molecule has 0 aromatic heterocycles.